The standard InChI is InChI=1S/C12H14BrN5O2/c1-3-12(4-2,11(19)20)18-10(15-16-17-18)8-5-9(13)7-14-6-8/h5-7H,3-4H2,1-2H3,(H,19,20). The molecule has 0 amide bonds. The lowest BCUT2D eigenvalue weighted by Crippen LogP contribution is -2.42. The summed E-state index contributed by atoms with van der Waals surface area (Å²) in [6.07, 6.45) is 4.02. The number of hydrogen-bond donors (Lipinski definition) is 1. The van der Waals surface area contributed by atoms with Crippen molar-refractivity contribution in [1.82, 2.24) is 25.2 Å². The normalized spacial score (nSPS) is 11.6. The minimum Gasteiger partial charge on any atom is -0.479 e. The summed E-state index contributed by atoms with van der Waals surface area (Å²) < 4.78 is 2.15. The minimum absolute atomic E-state index is 0.387. The largest absolute Gasteiger partial charge is 0.479 e. The molecule has 0 radical (unpaired) electrons. The van der Waals surface area contributed by atoms with Gasteiger partial charge in [0.05, 0.1) is 0 Å². The van der Waals surface area contributed by atoms with E-state index in [4.69, 9.17) is 0 Å². The SMILES string of the molecule is CCC(CC)(C(=O)O)n1nnnc1-c1cncc(Br)c1. The molecule has 0 spiro atoms. The first kappa shape index (κ1) is 14.6. The Bertz CT molecular complexity index is 624. The smallest absolute Gasteiger partial charge is 0.331 e. The number of aliphatic carboxylic acids is 1. The molecular formula is C12H14BrN5O2. The van der Waals surface area contributed by atoms with Crippen molar-refractivity contribution < 1.29 is 9.90 Å². The molecule has 0 saturated heterocycles. The Morgan fingerprint density at radius 1 is 1.40 bits per heavy atom. The van der Waals surface area contributed by atoms with E-state index in [0.717, 1.165) is 4.47 Å². The third-order valence-electron chi connectivity index (χ3n) is 3.41. The molecule has 0 aromatic carbocycles. The van der Waals surface area contributed by atoms with Gasteiger partial charge in [0.2, 0.25) is 0 Å². The van der Waals surface area contributed by atoms with E-state index in [9.17, 15) is 9.90 Å². The minimum atomic E-state index is -1.15. The Hall–Kier alpha value is -1.83. The quantitative estimate of drug-likeness (QED) is 0.896. The van der Waals surface area contributed by atoms with Crippen LogP contribution in [0, 0.1) is 0 Å². The number of nitrogens with zero attached hydrogens (tertiary/aromatic N) is 5. The molecule has 2 rings (SSSR count). The van der Waals surface area contributed by atoms with Gasteiger partial charge in [-0.1, -0.05) is 13.8 Å². The average molecular weight is 340 g/mol. The number of carboxylic acid groups (broad SMARTS) is 1. The second-order valence-electron chi connectivity index (χ2n) is 4.35. The first-order valence-corrected chi connectivity index (χ1v) is 6.97. The summed E-state index contributed by atoms with van der Waals surface area (Å²) in [6.45, 7) is 3.62. The molecule has 0 unspecified atom stereocenters. The lowest BCUT2D eigenvalue weighted by molar-refractivity contribution is -0.148. The van der Waals surface area contributed by atoms with Gasteiger partial charge in [0.1, 0.15) is 0 Å². The Balaban J connectivity index is 2.60. The molecule has 7 nitrogen and oxygen atoms in total. The van der Waals surface area contributed by atoms with Crippen molar-refractivity contribution in [1.29, 1.82) is 0 Å². The van der Waals surface area contributed by atoms with Crippen LogP contribution >= 0.6 is 15.9 Å². The van der Waals surface area contributed by atoms with Gasteiger partial charge >= 0.3 is 5.97 Å². The van der Waals surface area contributed by atoms with Crippen LogP contribution in [0.15, 0.2) is 22.9 Å². The number of pyridine rings is 1. The van der Waals surface area contributed by atoms with Gasteiger partial charge in [-0.15, -0.1) is 5.10 Å². The molecule has 2 aromatic rings. The molecule has 0 atom stereocenters. The third-order valence-corrected chi connectivity index (χ3v) is 3.84. The number of tetrazole rings is 1. The van der Waals surface area contributed by atoms with E-state index in [1.54, 1.807) is 18.5 Å². The topological polar surface area (TPSA) is 93.8 Å². The van der Waals surface area contributed by atoms with E-state index >= 15 is 0 Å². The highest BCUT2D eigenvalue weighted by molar-refractivity contribution is 9.10. The second-order valence-corrected chi connectivity index (χ2v) is 5.27. The lowest BCUT2D eigenvalue weighted by atomic mass is 9.93. The van der Waals surface area contributed by atoms with Crippen molar-refractivity contribution in [3.8, 4) is 11.4 Å². The summed E-state index contributed by atoms with van der Waals surface area (Å²) >= 11 is 3.33. The lowest BCUT2D eigenvalue weighted by Gasteiger charge is -2.27. The number of halogens is 1. The predicted molar refractivity (Wildman–Crippen MR) is 74.9 cm³/mol. The van der Waals surface area contributed by atoms with Crippen LogP contribution < -0.4 is 0 Å². The highest BCUT2D eigenvalue weighted by atomic mass is 79.9. The molecule has 8 heteroatoms. The highest BCUT2D eigenvalue weighted by Crippen LogP contribution is 2.29. The van der Waals surface area contributed by atoms with Gasteiger partial charge in [-0.05, 0) is 45.3 Å². The molecule has 0 aliphatic carbocycles. The molecule has 2 aromatic heterocycles. The number of rotatable bonds is 5. The molecular weight excluding hydrogens is 326 g/mol. The molecule has 0 aliphatic rings. The molecule has 0 aliphatic heterocycles. The summed E-state index contributed by atoms with van der Waals surface area (Å²) in [5.74, 6) is -0.552. The van der Waals surface area contributed by atoms with Gasteiger partial charge < -0.3 is 5.11 Å². The van der Waals surface area contributed by atoms with E-state index < -0.39 is 11.5 Å². The van der Waals surface area contributed by atoms with Crippen LogP contribution in [0.4, 0.5) is 0 Å². The number of aromatic nitrogens is 5. The zero-order valence-electron chi connectivity index (χ0n) is 11.1. The van der Waals surface area contributed by atoms with E-state index in [2.05, 4.69) is 36.4 Å². The van der Waals surface area contributed by atoms with Crippen LogP contribution in [0.5, 0.6) is 0 Å². The van der Waals surface area contributed by atoms with Crippen molar-refractivity contribution in [2.24, 2.45) is 0 Å². The van der Waals surface area contributed by atoms with E-state index in [-0.39, 0.29) is 0 Å². The van der Waals surface area contributed by atoms with Crippen LogP contribution in [-0.2, 0) is 10.3 Å². The first-order valence-electron chi connectivity index (χ1n) is 6.18. The third kappa shape index (κ3) is 2.31. The summed E-state index contributed by atoms with van der Waals surface area (Å²) in [5, 5.41) is 21.0. The van der Waals surface area contributed by atoms with Gasteiger partial charge in [0.25, 0.3) is 0 Å². The van der Waals surface area contributed by atoms with Gasteiger partial charge in [-0.3, -0.25) is 4.98 Å². The fourth-order valence-electron chi connectivity index (χ4n) is 2.13. The maximum atomic E-state index is 11.7. The van der Waals surface area contributed by atoms with Crippen molar-refractivity contribution in [3.63, 3.8) is 0 Å². The van der Waals surface area contributed by atoms with E-state index in [1.807, 2.05) is 13.8 Å². The monoisotopic (exact) mass is 339 g/mol. The molecule has 0 fully saturated rings. The van der Waals surface area contributed by atoms with Gasteiger partial charge in [-0.25, -0.2) is 9.48 Å². The van der Waals surface area contributed by atoms with Crippen molar-refractivity contribution >= 4 is 21.9 Å². The van der Waals surface area contributed by atoms with Crippen LogP contribution in [0.3, 0.4) is 0 Å². The first-order chi connectivity index (χ1) is 9.55. The summed E-state index contributed by atoms with van der Waals surface area (Å²) in [6, 6.07) is 1.80. The van der Waals surface area contributed by atoms with Crippen LogP contribution in [0.1, 0.15) is 26.7 Å². The summed E-state index contributed by atoms with van der Waals surface area (Å²) in [5.41, 5.74) is -0.488. The van der Waals surface area contributed by atoms with Gasteiger partial charge in [0, 0.05) is 22.4 Å². The average Bonchev–Trinajstić information content (AvgIpc) is 2.90. The maximum Gasteiger partial charge on any atom is 0.331 e. The van der Waals surface area contributed by atoms with Crippen LogP contribution in [0.2, 0.25) is 0 Å². The Morgan fingerprint density at radius 2 is 2.10 bits per heavy atom. The van der Waals surface area contributed by atoms with Gasteiger partial charge in [-0.2, -0.15) is 0 Å². The fraction of sp³-hybridized carbons (Fsp3) is 0.417. The Labute approximate surface area is 124 Å². The highest BCUT2D eigenvalue weighted by Gasteiger charge is 2.40. The molecule has 0 bridgehead atoms. The van der Waals surface area contributed by atoms with E-state index in [0.29, 0.717) is 24.2 Å². The molecule has 20 heavy (non-hydrogen) atoms. The summed E-state index contributed by atoms with van der Waals surface area (Å²) in [4.78, 5) is 15.7. The maximum absolute atomic E-state index is 11.7. The van der Waals surface area contributed by atoms with Crippen LogP contribution in [0.25, 0.3) is 11.4 Å². The fourth-order valence-corrected chi connectivity index (χ4v) is 2.50. The van der Waals surface area contributed by atoms with Crippen LogP contribution in [-0.4, -0.2) is 36.3 Å². The molecule has 2 heterocycles. The van der Waals surface area contributed by atoms with Crippen molar-refractivity contribution in [2.45, 2.75) is 32.2 Å². The zero-order chi connectivity index (χ0) is 14.8. The van der Waals surface area contributed by atoms with Crippen molar-refractivity contribution in [3.05, 3.63) is 22.9 Å². The van der Waals surface area contributed by atoms with E-state index in [1.165, 1.54) is 4.68 Å². The van der Waals surface area contributed by atoms with Gasteiger partial charge in [0.15, 0.2) is 11.4 Å². The predicted octanol–water partition coefficient (Wildman–Crippen LogP) is 2.10. The molecule has 0 saturated carbocycles. The number of carboxylic acids is 1. The summed E-state index contributed by atoms with van der Waals surface area (Å²) in [7, 11) is 0. The number of carbonyl (C=O) groups is 1. The zero-order valence-corrected chi connectivity index (χ0v) is 12.7. The Morgan fingerprint density at radius 3 is 2.65 bits per heavy atom. The Kier molecular flexibility index (Phi) is 4.12. The molecule has 106 valence electrons. The number of hydrogen-bond acceptors (Lipinski definition) is 5. The molecule has 1 N–H and O–H groups in total. The van der Waals surface area contributed by atoms with Crippen molar-refractivity contribution in [2.75, 3.05) is 0 Å². The second kappa shape index (κ2) is 5.66.